The summed E-state index contributed by atoms with van der Waals surface area (Å²) in [6.07, 6.45) is -0.453. The van der Waals surface area contributed by atoms with E-state index in [-0.39, 0.29) is 47.6 Å². The Hall–Kier alpha value is -2.59. The van der Waals surface area contributed by atoms with Crippen molar-refractivity contribution in [3.05, 3.63) is 42.0 Å². The van der Waals surface area contributed by atoms with Crippen LogP contribution in [0.15, 0.2) is 30.7 Å². The average Bonchev–Trinajstić information content (AvgIpc) is 3.38. The Balaban J connectivity index is 1.56. The maximum absolute atomic E-state index is 13.9. The molecule has 3 aromatic rings. The fraction of sp³-hybridized carbons (Fsp3) is 0.583. The Labute approximate surface area is 196 Å². The number of benzene rings is 1. The van der Waals surface area contributed by atoms with Crippen LogP contribution in [0.4, 0.5) is 13.2 Å². The van der Waals surface area contributed by atoms with Gasteiger partial charge in [0.25, 0.3) is 0 Å². The van der Waals surface area contributed by atoms with E-state index in [1.54, 1.807) is 4.68 Å². The van der Waals surface area contributed by atoms with Gasteiger partial charge in [0.05, 0.1) is 28.6 Å². The second kappa shape index (κ2) is 8.88. The summed E-state index contributed by atoms with van der Waals surface area (Å²) >= 11 is 0. The lowest BCUT2D eigenvalue weighted by Crippen LogP contribution is -2.53. The maximum atomic E-state index is 13.9. The fourth-order valence-corrected chi connectivity index (χ4v) is 4.74. The Kier molecular flexibility index (Phi) is 6.41. The Morgan fingerprint density at radius 3 is 2.56 bits per heavy atom. The van der Waals surface area contributed by atoms with Crippen molar-refractivity contribution in [3.63, 3.8) is 0 Å². The van der Waals surface area contributed by atoms with Crippen LogP contribution in [0, 0.1) is 0 Å². The molecule has 4 rings (SSSR count). The molecule has 186 valence electrons. The standard InChI is InChI=1S/C24H32F3N5O2/c1-14(2)31-13-28-20-9-18(8-19(22(20)31)24(25,26)27)34-12-17-11-23(33,10-16(5)29-17)21-6-7-32(30-21)15(3)4/h6-9,13-17,29,33H,10-12H2,1-5H3/t16-,17-,23-/m0/s1. The van der Waals surface area contributed by atoms with E-state index >= 15 is 0 Å². The highest BCUT2D eigenvalue weighted by atomic mass is 19.4. The second-order valence-corrected chi connectivity index (χ2v) is 9.87. The molecule has 1 saturated heterocycles. The molecule has 34 heavy (non-hydrogen) atoms. The number of rotatable bonds is 6. The van der Waals surface area contributed by atoms with Crippen molar-refractivity contribution in [2.45, 2.75) is 83.4 Å². The van der Waals surface area contributed by atoms with Crippen LogP contribution in [-0.2, 0) is 11.8 Å². The van der Waals surface area contributed by atoms with Gasteiger partial charge in [-0.15, -0.1) is 0 Å². The van der Waals surface area contributed by atoms with Crippen LogP contribution < -0.4 is 10.1 Å². The molecule has 0 radical (unpaired) electrons. The Morgan fingerprint density at radius 1 is 1.21 bits per heavy atom. The van der Waals surface area contributed by atoms with Gasteiger partial charge in [0.1, 0.15) is 18.0 Å². The van der Waals surface area contributed by atoms with E-state index in [1.807, 2.05) is 46.9 Å². The van der Waals surface area contributed by atoms with Gasteiger partial charge in [0, 0.05) is 42.9 Å². The van der Waals surface area contributed by atoms with Crippen molar-refractivity contribution in [1.82, 2.24) is 24.6 Å². The smallest absolute Gasteiger partial charge is 0.418 e. The van der Waals surface area contributed by atoms with E-state index in [4.69, 9.17) is 4.74 Å². The van der Waals surface area contributed by atoms with Crippen LogP contribution in [0.5, 0.6) is 5.75 Å². The molecule has 1 aromatic carbocycles. The summed E-state index contributed by atoms with van der Waals surface area (Å²) in [5, 5.41) is 19.3. The quantitative estimate of drug-likeness (QED) is 0.530. The molecule has 2 N–H and O–H groups in total. The molecular weight excluding hydrogens is 447 g/mol. The summed E-state index contributed by atoms with van der Waals surface area (Å²) in [5.41, 5.74) is -1.03. The molecule has 3 atom stereocenters. The van der Waals surface area contributed by atoms with Gasteiger partial charge in [-0.25, -0.2) is 4.98 Å². The SMILES string of the molecule is CC(C)n1ccc([C@@]2(O)C[C@@H](COc3cc(C(F)(F)F)c4c(c3)ncn4C(C)C)N[C@@H](C)C2)n1. The minimum atomic E-state index is -4.54. The number of aliphatic hydroxyl groups is 1. The normalized spacial score (nSPS) is 23.9. The third-order valence-corrected chi connectivity index (χ3v) is 6.32. The first-order valence-electron chi connectivity index (χ1n) is 11.6. The molecule has 0 spiro atoms. The minimum Gasteiger partial charge on any atom is -0.492 e. The van der Waals surface area contributed by atoms with Crippen molar-refractivity contribution in [2.75, 3.05) is 6.61 Å². The highest BCUT2D eigenvalue weighted by Crippen LogP contribution is 2.39. The number of aromatic nitrogens is 4. The summed E-state index contributed by atoms with van der Waals surface area (Å²) in [7, 11) is 0. The van der Waals surface area contributed by atoms with Crippen LogP contribution >= 0.6 is 0 Å². The number of fused-ring (bicyclic) bond motifs is 1. The summed E-state index contributed by atoms with van der Waals surface area (Å²) in [6, 6.07) is 4.11. The maximum Gasteiger partial charge on any atom is 0.418 e. The number of piperidine rings is 1. The largest absolute Gasteiger partial charge is 0.492 e. The predicted molar refractivity (Wildman–Crippen MR) is 123 cm³/mol. The zero-order chi connectivity index (χ0) is 24.8. The van der Waals surface area contributed by atoms with Gasteiger partial charge in [0.2, 0.25) is 0 Å². The lowest BCUT2D eigenvalue weighted by molar-refractivity contribution is -0.136. The molecule has 0 aliphatic carbocycles. The lowest BCUT2D eigenvalue weighted by atomic mass is 9.82. The number of halogens is 3. The molecule has 1 fully saturated rings. The number of ether oxygens (including phenoxy) is 1. The average molecular weight is 480 g/mol. The molecule has 3 heterocycles. The Morgan fingerprint density at radius 2 is 1.94 bits per heavy atom. The first-order valence-corrected chi connectivity index (χ1v) is 11.6. The summed E-state index contributed by atoms with van der Waals surface area (Å²) in [5.74, 6) is 0.0986. The van der Waals surface area contributed by atoms with E-state index in [0.717, 1.165) is 6.07 Å². The molecule has 7 nitrogen and oxygen atoms in total. The first-order chi connectivity index (χ1) is 15.9. The lowest BCUT2D eigenvalue weighted by Gasteiger charge is -2.40. The van der Waals surface area contributed by atoms with Crippen molar-refractivity contribution < 1.29 is 23.0 Å². The number of hydrogen-bond donors (Lipinski definition) is 2. The molecule has 0 bridgehead atoms. The third-order valence-electron chi connectivity index (χ3n) is 6.32. The second-order valence-electron chi connectivity index (χ2n) is 9.87. The van der Waals surface area contributed by atoms with Crippen molar-refractivity contribution >= 4 is 11.0 Å². The zero-order valence-electron chi connectivity index (χ0n) is 20.1. The van der Waals surface area contributed by atoms with E-state index in [2.05, 4.69) is 15.4 Å². The number of nitrogens with zero attached hydrogens (tertiary/aromatic N) is 4. The highest BCUT2D eigenvalue weighted by molar-refractivity contribution is 5.81. The number of alkyl halides is 3. The Bertz CT molecular complexity index is 1150. The number of imidazole rings is 1. The van der Waals surface area contributed by atoms with Gasteiger partial charge in [0.15, 0.2) is 0 Å². The third kappa shape index (κ3) is 4.79. The molecule has 1 aliphatic rings. The molecule has 10 heteroatoms. The predicted octanol–water partition coefficient (Wildman–Crippen LogP) is 4.82. The van der Waals surface area contributed by atoms with Gasteiger partial charge < -0.3 is 19.7 Å². The van der Waals surface area contributed by atoms with E-state index in [0.29, 0.717) is 18.5 Å². The van der Waals surface area contributed by atoms with Gasteiger partial charge >= 0.3 is 6.18 Å². The van der Waals surface area contributed by atoms with Gasteiger partial charge in [-0.2, -0.15) is 18.3 Å². The molecular formula is C24H32F3N5O2. The van der Waals surface area contributed by atoms with Crippen molar-refractivity contribution in [1.29, 1.82) is 0 Å². The van der Waals surface area contributed by atoms with Crippen LogP contribution in [0.1, 0.15) is 70.8 Å². The van der Waals surface area contributed by atoms with Gasteiger partial charge in [-0.3, -0.25) is 4.68 Å². The van der Waals surface area contributed by atoms with Crippen molar-refractivity contribution in [3.8, 4) is 5.75 Å². The van der Waals surface area contributed by atoms with E-state index in [9.17, 15) is 18.3 Å². The van der Waals surface area contributed by atoms with E-state index in [1.165, 1.54) is 17.0 Å². The fourth-order valence-electron chi connectivity index (χ4n) is 4.74. The van der Waals surface area contributed by atoms with Gasteiger partial charge in [-0.05, 0) is 53.2 Å². The van der Waals surface area contributed by atoms with Crippen LogP contribution in [0.2, 0.25) is 0 Å². The molecule has 0 amide bonds. The minimum absolute atomic E-state index is 0.0218. The molecule has 0 saturated carbocycles. The van der Waals surface area contributed by atoms with E-state index < -0.39 is 17.3 Å². The number of hydrogen-bond acceptors (Lipinski definition) is 5. The zero-order valence-corrected chi connectivity index (χ0v) is 20.1. The van der Waals surface area contributed by atoms with Crippen LogP contribution in [0.3, 0.4) is 0 Å². The summed E-state index contributed by atoms with van der Waals surface area (Å²) in [4.78, 5) is 4.18. The highest BCUT2D eigenvalue weighted by Gasteiger charge is 2.41. The molecule has 0 unspecified atom stereocenters. The molecule has 2 aromatic heterocycles. The first kappa shape index (κ1) is 24.5. The van der Waals surface area contributed by atoms with Gasteiger partial charge in [-0.1, -0.05) is 0 Å². The monoisotopic (exact) mass is 479 g/mol. The summed E-state index contributed by atoms with van der Waals surface area (Å²) < 4.78 is 50.7. The topological polar surface area (TPSA) is 77.1 Å². The van der Waals surface area contributed by atoms with Crippen LogP contribution in [-0.4, -0.2) is 43.1 Å². The molecule has 1 aliphatic heterocycles. The van der Waals surface area contributed by atoms with Crippen LogP contribution in [0.25, 0.3) is 11.0 Å². The summed E-state index contributed by atoms with van der Waals surface area (Å²) in [6.45, 7) is 9.71. The van der Waals surface area contributed by atoms with Crippen molar-refractivity contribution in [2.24, 2.45) is 0 Å². The number of nitrogens with one attached hydrogen (secondary N) is 1.